The normalized spacial score (nSPS) is 31.5. The summed E-state index contributed by atoms with van der Waals surface area (Å²) in [6, 6.07) is 1.40. The van der Waals surface area contributed by atoms with E-state index in [9.17, 15) is 0 Å². The van der Waals surface area contributed by atoms with E-state index in [1.165, 1.54) is 11.6 Å². The third kappa shape index (κ3) is 2.57. The number of hydrogen-bond donors (Lipinski definition) is 0. The van der Waals surface area contributed by atoms with E-state index in [1.807, 2.05) is 0 Å². The zero-order valence-corrected chi connectivity index (χ0v) is 10.4. The van der Waals surface area contributed by atoms with Crippen molar-refractivity contribution in [2.24, 2.45) is 5.41 Å². The van der Waals surface area contributed by atoms with Crippen molar-refractivity contribution in [2.45, 2.75) is 46.7 Å². The van der Waals surface area contributed by atoms with Crippen molar-refractivity contribution in [2.75, 3.05) is 11.6 Å². The zero-order chi connectivity index (χ0) is 10.2. The SMILES string of the molecule is C=S1CC(C(C)(C)C)N(C(C)C)C1. The molecule has 2 unspecified atom stereocenters. The Morgan fingerprint density at radius 3 is 2.23 bits per heavy atom. The highest BCUT2D eigenvalue weighted by Gasteiger charge is 2.36. The number of nitrogens with zero attached hydrogens (tertiary/aromatic N) is 1. The van der Waals surface area contributed by atoms with E-state index in [0.29, 0.717) is 21.9 Å². The molecule has 0 bridgehead atoms. The lowest BCUT2D eigenvalue weighted by molar-refractivity contribution is 0.119. The fraction of sp³-hybridized carbons (Fsp3) is 0.909. The summed E-state index contributed by atoms with van der Waals surface area (Å²) in [5.74, 6) is 6.72. The molecule has 0 aromatic carbocycles. The van der Waals surface area contributed by atoms with Crippen LogP contribution < -0.4 is 0 Å². The van der Waals surface area contributed by atoms with Gasteiger partial charge in [0, 0.05) is 23.7 Å². The van der Waals surface area contributed by atoms with Crippen LogP contribution in [0.3, 0.4) is 0 Å². The largest absolute Gasteiger partial charge is 0.288 e. The molecule has 0 amide bonds. The molecule has 2 atom stereocenters. The summed E-state index contributed by atoms with van der Waals surface area (Å²) in [4.78, 5) is 2.62. The van der Waals surface area contributed by atoms with Gasteiger partial charge in [0.1, 0.15) is 0 Å². The van der Waals surface area contributed by atoms with E-state index in [4.69, 9.17) is 0 Å². The molecular formula is C11H23NS. The first-order valence-corrected chi connectivity index (χ1v) is 6.78. The van der Waals surface area contributed by atoms with Crippen LogP contribution in [-0.4, -0.2) is 34.5 Å². The average Bonchev–Trinajstić information content (AvgIpc) is 2.29. The molecule has 13 heavy (non-hydrogen) atoms. The van der Waals surface area contributed by atoms with Crippen LogP contribution >= 0.6 is 10.5 Å². The first-order valence-electron chi connectivity index (χ1n) is 5.05. The van der Waals surface area contributed by atoms with Gasteiger partial charge in [-0.05, 0) is 19.3 Å². The second-order valence-corrected chi connectivity index (χ2v) is 7.21. The molecule has 1 aliphatic rings. The topological polar surface area (TPSA) is 3.24 Å². The van der Waals surface area contributed by atoms with Crippen molar-refractivity contribution in [1.82, 2.24) is 4.90 Å². The molecule has 1 fully saturated rings. The Kier molecular flexibility index (Phi) is 3.24. The van der Waals surface area contributed by atoms with Gasteiger partial charge in [-0.3, -0.25) is 4.90 Å². The van der Waals surface area contributed by atoms with Crippen molar-refractivity contribution < 1.29 is 0 Å². The maximum atomic E-state index is 4.22. The van der Waals surface area contributed by atoms with Crippen LogP contribution in [0.25, 0.3) is 0 Å². The van der Waals surface area contributed by atoms with Gasteiger partial charge in [0.2, 0.25) is 0 Å². The van der Waals surface area contributed by atoms with Gasteiger partial charge < -0.3 is 0 Å². The Balaban J connectivity index is 2.78. The molecule has 1 saturated heterocycles. The second-order valence-electron chi connectivity index (χ2n) is 5.40. The minimum atomic E-state index is 0.376. The van der Waals surface area contributed by atoms with E-state index in [0.717, 1.165) is 6.04 Å². The van der Waals surface area contributed by atoms with Gasteiger partial charge in [-0.1, -0.05) is 26.6 Å². The summed E-state index contributed by atoms with van der Waals surface area (Å²) in [7, 11) is 0.376. The third-order valence-corrected chi connectivity index (χ3v) is 4.24. The fourth-order valence-corrected chi connectivity index (χ4v) is 4.07. The maximum absolute atomic E-state index is 4.22. The fourth-order valence-electron chi connectivity index (χ4n) is 1.93. The summed E-state index contributed by atoms with van der Waals surface area (Å²) in [5.41, 5.74) is 0.406. The summed E-state index contributed by atoms with van der Waals surface area (Å²) < 4.78 is 0. The molecule has 1 aliphatic heterocycles. The van der Waals surface area contributed by atoms with Crippen molar-refractivity contribution in [3.63, 3.8) is 0 Å². The van der Waals surface area contributed by atoms with Crippen molar-refractivity contribution in [3.05, 3.63) is 0 Å². The summed E-state index contributed by atoms with van der Waals surface area (Å²) in [6.07, 6.45) is 0. The molecule has 0 radical (unpaired) electrons. The van der Waals surface area contributed by atoms with E-state index in [1.54, 1.807) is 0 Å². The molecule has 78 valence electrons. The minimum absolute atomic E-state index is 0.376. The lowest BCUT2D eigenvalue weighted by Gasteiger charge is -2.36. The first kappa shape index (κ1) is 11.3. The molecule has 1 nitrogen and oxygen atoms in total. The Hall–Kier alpha value is 0.180. The van der Waals surface area contributed by atoms with Crippen molar-refractivity contribution in [1.29, 1.82) is 0 Å². The Labute approximate surface area is 85.4 Å². The van der Waals surface area contributed by atoms with E-state index >= 15 is 0 Å². The number of rotatable bonds is 1. The van der Waals surface area contributed by atoms with Gasteiger partial charge in [0.15, 0.2) is 0 Å². The second kappa shape index (κ2) is 3.74. The molecule has 2 heteroatoms. The van der Waals surface area contributed by atoms with Crippen LogP contribution in [0.2, 0.25) is 0 Å². The van der Waals surface area contributed by atoms with Gasteiger partial charge in [0.05, 0.1) is 0 Å². The highest BCUT2D eigenvalue weighted by molar-refractivity contribution is 8.14. The lowest BCUT2D eigenvalue weighted by atomic mass is 9.86. The van der Waals surface area contributed by atoms with Crippen LogP contribution in [0.15, 0.2) is 0 Å². The smallest absolute Gasteiger partial charge is 0.0396 e. The Morgan fingerprint density at radius 2 is 1.92 bits per heavy atom. The third-order valence-electron chi connectivity index (χ3n) is 2.79. The first-order chi connectivity index (χ1) is 5.82. The van der Waals surface area contributed by atoms with Gasteiger partial charge >= 0.3 is 0 Å². The predicted molar refractivity (Wildman–Crippen MR) is 64.7 cm³/mol. The highest BCUT2D eigenvalue weighted by Crippen LogP contribution is 2.37. The molecule has 0 spiro atoms. The minimum Gasteiger partial charge on any atom is -0.288 e. The van der Waals surface area contributed by atoms with E-state index in [2.05, 4.69) is 45.4 Å². The van der Waals surface area contributed by atoms with Gasteiger partial charge in [-0.2, -0.15) is 10.5 Å². The Bertz CT molecular complexity index is 203. The van der Waals surface area contributed by atoms with Gasteiger partial charge in [0.25, 0.3) is 0 Å². The summed E-state index contributed by atoms with van der Waals surface area (Å²) in [5, 5.41) is 0. The monoisotopic (exact) mass is 201 g/mol. The molecule has 1 heterocycles. The maximum Gasteiger partial charge on any atom is 0.0396 e. The molecule has 0 aromatic rings. The highest BCUT2D eigenvalue weighted by atomic mass is 32.2. The molecule has 0 saturated carbocycles. The summed E-state index contributed by atoms with van der Waals surface area (Å²) >= 11 is 0. The standard InChI is InChI=1S/C11H23NS/c1-9(2)12-8-13(6)7-10(12)11(3,4)5/h9-10H,6-8H2,1-5H3. The molecule has 0 N–H and O–H groups in total. The van der Waals surface area contributed by atoms with Crippen LogP contribution in [0.1, 0.15) is 34.6 Å². The molecular weight excluding hydrogens is 178 g/mol. The van der Waals surface area contributed by atoms with Gasteiger partial charge in [-0.15, -0.1) is 0 Å². The van der Waals surface area contributed by atoms with Gasteiger partial charge in [-0.25, -0.2) is 0 Å². The van der Waals surface area contributed by atoms with Crippen LogP contribution in [0, 0.1) is 5.41 Å². The molecule has 1 rings (SSSR count). The summed E-state index contributed by atoms with van der Waals surface area (Å²) in [6.45, 7) is 11.6. The quantitative estimate of drug-likeness (QED) is 0.590. The van der Waals surface area contributed by atoms with E-state index in [-0.39, 0.29) is 0 Å². The van der Waals surface area contributed by atoms with Crippen molar-refractivity contribution >= 4 is 16.4 Å². The Morgan fingerprint density at radius 1 is 1.38 bits per heavy atom. The van der Waals surface area contributed by atoms with Crippen LogP contribution in [0.4, 0.5) is 0 Å². The van der Waals surface area contributed by atoms with Crippen molar-refractivity contribution in [3.8, 4) is 0 Å². The molecule has 0 aromatic heterocycles. The lowest BCUT2D eigenvalue weighted by Crippen LogP contribution is -2.44. The van der Waals surface area contributed by atoms with Crippen LogP contribution in [0.5, 0.6) is 0 Å². The number of hydrogen-bond acceptors (Lipinski definition) is 1. The average molecular weight is 201 g/mol. The molecule has 0 aliphatic carbocycles. The zero-order valence-electron chi connectivity index (χ0n) is 9.63. The van der Waals surface area contributed by atoms with Crippen LogP contribution in [-0.2, 0) is 0 Å². The van der Waals surface area contributed by atoms with E-state index < -0.39 is 0 Å². The predicted octanol–water partition coefficient (Wildman–Crippen LogP) is 2.78.